The van der Waals surface area contributed by atoms with Crippen molar-refractivity contribution < 1.29 is 19.7 Å². The fourth-order valence-corrected chi connectivity index (χ4v) is 8.13. The van der Waals surface area contributed by atoms with Crippen molar-refractivity contribution in [1.82, 2.24) is 0 Å². The van der Waals surface area contributed by atoms with Gasteiger partial charge in [0.2, 0.25) is 0 Å². The maximum absolute atomic E-state index is 11.4. The fraction of sp³-hybridized carbons (Fsp3) is 0.324. The molecular formula is C34H32O4. The molecule has 4 fully saturated rings. The number of aromatic carboxylic acids is 1. The van der Waals surface area contributed by atoms with E-state index in [0.29, 0.717) is 6.61 Å². The van der Waals surface area contributed by atoms with E-state index in [1.54, 1.807) is 30.3 Å². The van der Waals surface area contributed by atoms with Gasteiger partial charge in [-0.05, 0) is 114 Å². The number of carboxylic acids is 1. The number of fused-ring (bicyclic) bond motifs is 1. The lowest BCUT2D eigenvalue weighted by atomic mass is 9.48. The lowest BCUT2D eigenvalue weighted by Gasteiger charge is -2.57. The molecule has 4 heteroatoms. The molecule has 0 aliphatic heterocycles. The summed E-state index contributed by atoms with van der Waals surface area (Å²) in [6, 6.07) is 25.3. The minimum atomic E-state index is -0.956. The number of benzene rings is 4. The van der Waals surface area contributed by atoms with Gasteiger partial charge in [0.15, 0.2) is 0 Å². The Balaban J connectivity index is 1.39. The second-order valence-electron chi connectivity index (χ2n) is 11.9. The van der Waals surface area contributed by atoms with E-state index in [9.17, 15) is 15.0 Å². The minimum Gasteiger partial charge on any atom is -0.507 e. The maximum atomic E-state index is 11.4. The number of hydrogen-bond acceptors (Lipinski definition) is 3. The van der Waals surface area contributed by atoms with Crippen LogP contribution < -0.4 is 4.74 Å². The predicted molar refractivity (Wildman–Crippen MR) is 149 cm³/mol. The van der Waals surface area contributed by atoms with Gasteiger partial charge in [-0.25, -0.2) is 4.79 Å². The van der Waals surface area contributed by atoms with Gasteiger partial charge in [-0.3, -0.25) is 0 Å². The van der Waals surface area contributed by atoms with Crippen molar-refractivity contribution >= 4 is 16.7 Å². The molecule has 4 bridgehead atoms. The highest BCUT2D eigenvalue weighted by Crippen LogP contribution is 2.62. The molecule has 2 N–H and O–H groups in total. The average molecular weight is 505 g/mol. The molecule has 4 aliphatic carbocycles. The maximum Gasteiger partial charge on any atom is 0.335 e. The molecule has 8 rings (SSSR count). The topological polar surface area (TPSA) is 66.8 Å². The molecule has 0 amide bonds. The standard InChI is InChI=1S/C34H32O4/c35-30-11-10-27-15-31(38-20-21-4-2-1-3-5-21)29(34-17-22-12-23(18-34)14-24(13-22)19-34)16-28(27)32(30)25-6-8-26(9-7-25)33(36)37/h1-11,15-16,22-24,35H,12-14,17-20H2,(H,36,37). The molecule has 0 heterocycles. The number of aromatic hydroxyl groups is 1. The smallest absolute Gasteiger partial charge is 0.335 e. The third kappa shape index (κ3) is 3.94. The van der Waals surface area contributed by atoms with Crippen LogP contribution in [0.5, 0.6) is 11.5 Å². The molecule has 4 nitrogen and oxygen atoms in total. The van der Waals surface area contributed by atoms with Crippen molar-refractivity contribution in [3.63, 3.8) is 0 Å². The minimum absolute atomic E-state index is 0.116. The molecule has 0 radical (unpaired) electrons. The van der Waals surface area contributed by atoms with Gasteiger partial charge >= 0.3 is 5.97 Å². The lowest BCUT2D eigenvalue weighted by Crippen LogP contribution is -2.48. The first-order valence-electron chi connectivity index (χ1n) is 13.8. The first-order chi connectivity index (χ1) is 18.5. The van der Waals surface area contributed by atoms with Gasteiger partial charge in [0.1, 0.15) is 18.1 Å². The van der Waals surface area contributed by atoms with E-state index in [2.05, 4.69) is 24.3 Å². The van der Waals surface area contributed by atoms with Gasteiger partial charge in [-0.1, -0.05) is 48.5 Å². The summed E-state index contributed by atoms with van der Waals surface area (Å²) >= 11 is 0. The zero-order valence-electron chi connectivity index (χ0n) is 21.4. The van der Waals surface area contributed by atoms with Crippen LogP contribution in [0.3, 0.4) is 0 Å². The molecule has 0 aromatic heterocycles. The zero-order chi connectivity index (χ0) is 25.9. The number of rotatable bonds is 6. The van der Waals surface area contributed by atoms with Crippen LogP contribution in [0.1, 0.15) is 60.0 Å². The van der Waals surface area contributed by atoms with Crippen molar-refractivity contribution in [1.29, 1.82) is 0 Å². The van der Waals surface area contributed by atoms with Crippen LogP contribution in [0.2, 0.25) is 0 Å². The van der Waals surface area contributed by atoms with Gasteiger partial charge in [-0.15, -0.1) is 0 Å². The molecule has 4 aliphatic rings. The summed E-state index contributed by atoms with van der Waals surface area (Å²) in [5, 5.41) is 22.4. The summed E-state index contributed by atoms with van der Waals surface area (Å²) in [4.78, 5) is 11.4. The summed E-state index contributed by atoms with van der Waals surface area (Å²) in [6.07, 6.45) is 7.76. The van der Waals surface area contributed by atoms with Gasteiger partial charge < -0.3 is 14.9 Å². The van der Waals surface area contributed by atoms with E-state index in [0.717, 1.165) is 51.0 Å². The lowest BCUT2D eigenvalue weighted by molar-refractivity contribution is -0.00640. The summed E-state index contributed by atoms with van der Waals surface area (Å²) in [6.45, 7) is 0.521. The largest absolute Gasteiger partial charge is 0.507 e. The van der Waals surface area contributed by atoms with Gasteiger partial charge in [-0.2, -0.15) is 0 Å². The number of phenolic OH excluding ortho intramolecular Hbond substituents is 1. The molecule has 0 unspecified atom stereocenters. The molecule has 4 saturated carbocycles. The van der Waals surface area contributed by atoms with Gasteiger partial charge in [0.25, 0.3) is 0 Å². The van der Waals surface area contributed by atoms with E-state index in [1.807, 2.05) is 24.3 Å². The Hall–Kier alpha value is -3.79. The Bertz CT molecular complexity index is 1480. The van der Waals surface area contributed by atoms with E-state index < -0.39 is 5.97 Å². The quantitative estimate of drug-likeness (QED) is 0.280. The summed E-state index contributed by atoms with van der Waals surface area (Å²) in [5.74, 6) is 2.60. The summed E-state index contributed by atoms with van der Waals surface area (Å²) < 4.78 is 6.61. The Morgan fingerprint density at radius 3 is 2.13 bits per heavy atom. The van der Waals surface area contributed by atoms with Crippen molar-refractivity contribution in [3.8, 4) is 22.6 Å². The van der Waals surface area contributed by atoms with Crippen molar-refractivity contribution in [2.45, 2.75) is 50.5 Å². The molecule has 192 valence electrons. The van der Waals surface area contributed by atoms with Gasteiger partial charge in [0, 0.05) is 11.1 Å². The number of carbonyl (C=O) groups is 1. The molecule has 4 aromatic carbocycles. The fourth-order valence-electron chi connectivity index (χ4n) is 8.13. The van der Waals surface area contributed by atoms with Crippen LogP contribution >= 0.6 is 0 Å². The highest BCUT2D eigenvalue weighted by atomic mass is 16.5. The van der Waals surface area contributed by atoms with E-state index >= 15 is 0 Å². The summed E-state index contributed by atoms with van der Waals surface area (Å²) in [5.41, 5.74) is 4.35. The highest BCUT2D eigenvalue weighted by Gasteiger charge is 2.52. The Morgan fingerprint density at radius 2 is 1.50 bits per heavy atom. The van der Waals surface area contributed by atoms with Crippen molar-refractivity contribution in [3.05, 3.63) is 95.6 Å². The monoisotopic (exact) mass is 504 g/mol. The van der Waals surface area contributed by atoms with Crippen LogP contribution in [0.4, 0.5) is 0 Å². The molecule has 0 atom stereocenters. The van der Waals surface area contributed by atoms with Gasteiger partial charge in [0.05, 0.1) is 5.56 Å². The summed E-state index contributed by atoms with van der Waals surface area (Å²) in [7, 11) is 0. The third-order valence-corrected chi connectivity index (χ3v) is 9.37. The number of phenols is 1. The van der Waals surface area contributed by atoms with Crippen LogP contribution in [0.15, 0.2) is 78.9 Å². The van der Waals surface area contributed by atoms with Crippen LogP contribution in [0.25, 0.3) is 21.9 Å². The number of ether oxygens (including phenoxy) is 1. The van der Waals surface area contributed by atoms with Crippen molar-refractivity contribution in [2.75, 3.05) is 0 Å². The Labute approximate surface area is 222 Å². The zero-order valence-corrected chi connectivity index (χ0v) is 21.4. The SMILES string of the molecule is O=C(O)c1ccc(-c2c(O)ccc3cc(OCc4ccccc4)c(C45CC6CC(CC(C6)C4)C5)cc23)cc1. The van der Waals surface area contributed by atoms with E-state index in [-0.39, 0.29) is 16.7 Å². The Kier molecular flexibility index (Phi) is 5.47. The molecule has 0 spiro atoms. The molecular weight excluding hydrogens is 472 g/mol. The molecule has 38 heavy (non-hydrogen) atoms. The first-order valence-corrected chi connectivity index (χ1v) is 13.8. The first kappa shape index (κ1) is 23.3. The second-order valence-corrected chi connectivity index (χ2v) is 11.9. The molecule has 0 saturated heterocycles. The number of carboxylic acid groups (broad SMARTS) is 1. The van der Waals surface area contributed by atoms with Crippen molar-refractivity contribution in [2.24, 2.45) is 17.8 Å². The van der Waals surface area contributed by atoms with E-state index in [4.69, 9.17) is 4.74 Å². The Morgan fingerprint density at radius 1 is 0.842 bits per heavy atom. The third-order valence-electron chi connectivity index (χ3n) is 9.37. The predicted octanol–water partition coefficient (Wildman–Crippen LogP) is 7.96. The number of hydrogen-bond donors (Lipinski definition) is 2. The highest BCUT2D eigenvalue weighted by molar-refractivity contribution is 6.01. The van der Waals surface area contributed by atoms with Crippen LogP contribution in [0, 0.1) is 17.8 Å². The normalized spacial score (nSPS) is 25.5. The second kappa shape index (κ2) is 8.90. The van der Waals surface area contributed by atoms with Crippen LogP contribution in [-0.4, -0.2) is 16.2 Å². The van der Waals surface area contributed by atoms with E-state index in [1.165, 1.54) is 44.1 Å². The van der Waals surface area contributed by atoms with Crippen LogP contribution in [-0.2, 0) is 12.0 Å². The average Bonchev–Trinajstić information content (AvgIpc) is 2.91. The molecule has 4 aromatic rings.